The molecule has 17 heteroatoms. The number of anilines is 4. The summed E-state index contributed by atoms with van der Waals surface area (Å²) >= 11 is 0. The van der Waals surface area contributed by atoms with E-state index in [2.05, 4.69) is 81.6 Å². The summed E-state index contributed by atoms with van der Waals surface area (Å²) in [6.07, 6.45) is 3.86. The number of para-hydroxylation sites is 1. The van der Waals surface area contributed by atoms with E-state index in [9.17, 15) is 39.5 Å². The molecule has 0 aromatic heterocycles. The second kappa shape index (κ2) is 23.9. The molecule has 4 aromatic carbocycles. The lowest BCUT2D eigenvalue weighted by atomic mass is 9.83. The van der Waals surface area contributed by atoms with Crippen LogP contribution in [-0.4, -0.2) is 126 Å². The summed E-state index contributed by atoms with van der Waals surface area (Å²) in [4.78, 5) is 8.57. The number of likely N-dealkylation sites (N-methyl/N-ethyl adjacent to an activating group) is 1. The van der Waals surface area contributed by atoms with Crippen LogP contribution < -0.4 is 19.6 Å². The lowest BCUT2D eigenvalue weighted by Gasteiger charge is -2.32. The van der Waals surface area contributed by atoms with Crippen LogP contribution in [0.25, 0.3) is 0 Å². The minimum atomic E-state index is -4.54. The first-order valence-electron chi connectivity index (χ1n) is 28.5. The van der Waals surface area contributed by atoms with Crippen molar-refractivity contribution in [3.05, 3.63) is 165 Å². The molecule has 0 amide bonds. The molecule has 84 heavy (non-hydrogen) atoms. The van der Waals surface area contributed by atoms with Crippen LogP contribution in [0.3, 0.4) is 0 Å². The number of halogens is 9. The van der Waals surface area contributed by atoms with Gasteiger partial charge in [-0.15, -0.1) is 0 Å². The summed E-state index contributed by atoms with van der Waals surface area (Å²) in [5.41, 5.74) is 5.77. The SMILES string of the molecule is CN1C(=CC=[N+](C)C)C(C)(C)c2ccccc21.C[N+](C)=CC=C1N(CCC(CCN2C(=CC=[N+](C)C)C(C)(C)c3cc(C(F)(F)F)ccc32)CCN2C(=CC=[N+](C)C)C(C)(C)c3cc(C(F)(F)F)ccc32)c2ccc(C(F)(F)F)cc2C1(C)C. The van der Waals surface area contributed by atoms with Crippen LogP contribution in [0.1, 0.15) is 114 Å². The van der Waals surface area contributed by atoms with Gasteiger partial charge in [0, 0.05) is 118 Å². The fourth-order valence-corrected chi connectivity index (χ4v) is 12.3. The van der Waals surface area contributed by atoms with Gasteiger partial charge in [0.1, 0.15) is 56.4 Å². The normalized spacial score (nSPS) is 19.5. The number of nitrogens with zero attached hydrogens (tertiary/aromatic N) is 8. The van der Waals surface area contributed by atoms with E-state index < -0.39 is 51.5 Å². The zero-order valence-corrected chi connectivity index (χ0v) is 51.9. The lowest BCUT2D eigenvalue weighted by Crippen LogP contribution is -2.32. The van der Waals surface area contributed by atoms with Crippen LogP contribution in [0, 0.1) is 5.92 Å². The Morgan fingerprint density at radius 1 is 0.381 bits per heavy atom. The maximum Gasteiger partial charge on any atom is 0.416 e. The maximum atomic E-state index is 14.1. The standard InChI is InChI=1S/C52H64F9N6.C15H21N2/c1-47(2)38-31-35(50(53,54)55)13-16-41(38)65(44(47)22-25-62(7)8)28-19-34(20-29-66-42-17-14-36(51(56,57)58)32-39(42)48(3,4)45(66)23-26-63(9)10)21-30-67-43-18-15-37(52(59,60)61)33-40(43)49(5,6)46(67)24-27-64(11)12;1-15(2)12-8-6-7-9-13(12)17(5)14(15)10-11-16(3)4/h13-18,22-27,31-34H,19-21,28-30H2,1-12H3;6-11H,1-5H3/q+3;+1. The Bertz CT molecular complexity index is 3100. The maximum absolute atomic E-state index is 14.1. The van der Waals surface area contributed by atoms with Crippen LogP contribution in [-0.2, 0) is 40.2 Å². The van der Waals surface area contributed by atoms with Crippen LogP contribution in [0.5, 0.6) is 0 Å². The van der Waals surface area contributed by atoms with E-state index in [1.54, 1.807) is 18.2 Å². The van der Waals surface area contributed by atoms with Crippen LogP contribution in [0.15, 0.2) is 126 Å². The van der Waals surface area contributed by atoms with Crippen molar-refractivity contribution in [3.8, 4) is 0 Å². The van der Waals surface area contributed by atoms with Gasteiger partial charge >= 0.3 is 18.5 Å². The third kappa shape index (κ3) is 13.3. The summed E-state index contributed by atoms with van der Waals surface area (Å²) in [7, 11) is 17.5. The monoisotopic (exact) mass is 1170 g/mol. The fourth-order valence-electron chi connectivity index (χ4n) is 12.3. The van der Waals surface area contributed by atoms with E-state index in [4.69, 9.17) is 0 Å². The summed E-state index contributed by atoms with van der Waals surface area (Å²) in [5.74, 6) is -0.0814. The van der Waals surface area contributed by atoms with Gasteiger partial charge < -0.3 is 19.6 Å². The third-order valence-electron chi connectivity index (χ3n) is 17.0. The molecule has 0 radical (unpaired) electrons. The molecule has 0 saturated carbocycles. The molecule has 0 fully saturated rings. The Balaban J connectivity index is 0.000000507. The molecule has 4 aromatic rings. The number of fused-ring (bicyclic) bond motifs is 4. The van der Waals surface area contributed by atoms with Gasteiger partial charge in [-0.3, -0.25) is 0 Å². The van der Waals surface area contributed by atoms with E-state index in [1.807, 2.05) is 149 Å². The highest BCUT2D eigenvalue weighted by Gasteiger charge is 2.47. The zero-order chi connectivity index (χ0) is 62.4. The lowest BCUT2D eigenvalue weighted by molar-refractivity contribution is -0.458. The average molecular weight is 1170 g/mol. The number of hydrogen-bond acceptors (Lipinski definition) is 4. The van der Waals surface area contributed by atoms with Crippen molar-refractivity contribution in [2.24, 2.45) is 5.92 Å². The largest absolute Gasteiger partial charge is 0.416 e. The minimum absolute atomic E-state index is 0.0812. The van der Waals surface area contributed by atoms with Crippen molar-refractivity contribution in [3.63, 3.8) is 0 Å². The van der Waals surface area contributed by atoms with E-state index in [0.717, 1.165) is 35.3 Å². The molecular weight excluding hydrogens is 1090 g/mol. The van der Waals surface area contributed by atoms with E-state index in [0.29, 0.717) is 72.6 Å². The molecule has 0 aliphatic carbocycles. The predicted octanol–water partition coefficient (Wildman–Crippen LogP) is 14.5. The zero-order valence-electron chi connectivity index (χ0n) is 51.9. The molecule has 452 valence electrons. The van der Waals surface area contributed by atoms with Gasteiger partial charge in [-0.25, -0.2) is 18.3 Å². The molecule has 4 heterocycles. The number of rotatable bonds is 13. The number of benzene rings is 4. The topological polar surface area (TPSA) is 25.0 Å². The van der Waals surface area contributed by atoms with Crippen LogP contribution >= 0.6 is 0 Å². The Hall–Kier alpha value is -6.91. The van der Waals surface area contributed by atoms with Crippen LogP contribution in [0.4, 0.5) is 62.3 Å². The van der Waals surface area contributed by atoms with Crippen molar-refractivity contribution in [1.29, 1.82) is 0 Å². The highest BCUT2D eigenvalue weighted by atomic mass is 19.4. The van der Waals surface area contributed by atoms with Gasteiger partial charge in [0.2, 0.25) is 0 Å². The van der Waals surface area contributed by atoms with Crippen LogP contribution in [0.2, 0.25) is 0 Å². The van der Waals surface area contributed by atoms with Gasteiger partial charge in [-0.2, -0.15) is 39.5 Å². The van der Waals surface area contributed by atoms with Gasteiger partial charge in [0.15, 0.2) is 24.9 Å². The van der Waals surface area contributed by atoms with Crippen molar-refractivity contribution >= 4 is 47.6 Å². The number of alkyl halides is 9. The number of allylic oxidation sites excluding steroid dienone is 8. The molecule has 8 nitrogen and oxygen atoms in total. The molecule has 0 atom stereocenters. The van der Waals surface area contributed by atoms with Gasteiger partial charge in [-0.1, -0.05) is 73.6 Å². The molecule has 4 aliphatic heterocycles. The summed E-state index contributed by atoms with van der Waals surface area (Å²) in [6.45, 7) is 17.4. The Kier molecular flexibility index (Phi) is 18.4. The second-order valence-corrected chi connectivity index (χ2v) is 25.6. The molecular formula is C67H85F9N8+4. The third-order valence-corrected chi connectivity index (χ3v) is 17.0. The van der Waals surface area contributed by atoms with Crippen molar-refractivity contribution in [1.82, 2.24) is 0 Å². The first-order chi connectivity index (χ1) is 38.8. The summed E-state index contributed by atoms with van der Waals surface area (Å²) in [5, 5.41) is 0. The van der Waals surface area contributed by atoms with Gasteiger partial charge in [0.05, 0.1) is 16.7 Å². The van der Waals surface area contributed by atoms with Crippen molar-refractivity contribution in [2.45, 2.75) is 115 Å². The predicted molar refractivity (Wildman–Crippen MR) is 326 cm³/mol. The molecule has 0 N–H and O–H groups in total. The van der Waals surface area contributed by atoms with Crippen molar-refractivity contribution < 1.29 is 57.8 Å². The first kappa shape index (κ1) is 64.6. The highest BCUT2D eigenvalue weighted by Crippen LogP contribution is 2.53. The fraction of sp³-hybridized carbons (Fsp3) is 0.463. The first-order valence-corrected chi connectivity index (χ1v) is 28.5. The quantitative estimate of drug-likeness (QED) is 0.0757. The number of hydrogen-bond donors (Lipinski definition) is 0. The van der Waals surface area contributed by atoms with Gasteiger partial charge in [0.25, 0.3) is 0 Å². The Morgan fingerprint density at radius 2 is 0.655 bits per heavy atom. The summed E-state index contributed by atoms with van der Waals surface area (Å²) in [6, 6.07) is 20.3. The van der Waals surface area contributed by atoms with Gasteiger partial charge in [-0.05, 0) is 108 Å². The molecule has 0 unspecified atom stereocenters. The molecule has 8 rings (SSSR count). The second-order valence-electron chi connectivity index (χ2n) is 25.6. The Morgan fingerprint density at radius 3 is 0.929 bits per heavy atom. The Labute approximate surface area is 491 Å². The van der Waals surface area contributed by atoms with Crippen molar-refractivity contribution in [2.75, 3.05) is 103 Å². The van der Waals surface area contributed by atoms with E-state index in [1.165, 1.54) is 35.1 Å². The molecule has 0 spiro atoms. The molecule has 4 aliphatic rings. The van der Waals surface area contributed by atoms with E-state index in [-0.39, 0.29) is 11.3 Å². The average Bonchev–Trinajstić information content (AvgIpc) is 4.13. The molecule has 0 saturated heterocycles. The van der Waals surface area contributed by atoms with E-state index >= 15 is 0 Å². The minimum Gasteiger partial charge on any atom is -0.347 e. The summed E-state index contributed by atoms with van der Waals surface area (Å²) < 4.78 is 135. The molecule has 0 bridgehead atoms. The smallest absolute Gasteiger partial charge is 0.347 e. The highest BCUT2D eigenvalue weighted by molar-refractivity contribution is 5.81.